The number of benzene rings is 2. The van der Waals surface area contributed by atoms with Gasteiger partial charge in [0, 0.05) is 52.7 Å². The van der Waals surface area contributed by atoms with E-state index < -0.39 is 60.4 Å². The number of nitrogens with one attached hydrogen (secondary N) is 1. The Labute approximate surface area is 254 Å². The molecule has 2 fully saturated rings. The van der Waals surface area contributed by atoms with Crippen LogP contribution in [0, 0.1) is 17.1 Å². The zero-order valence-corrected chi connectivity index (χ0v) is 24.2. The third-order valence-electron chi connectivity index (χ3n) is 7.22. The molecule has 9 nitrogen and oxygen atoms in total. The molecule has 0 bridgehead atoms. The van der Waals surface area contributed by atoms with Gasteiger partial charge in [-0.05, 0) is 43.0 Å². The Morgan fingerprint density at radius 1 is 1.23 bits per heavy atom. The maximum atomic E-state index is 14.9. The lowest BCUT2D eigenvalue weighted by molar-refractivity contribution is -0.133. The lowest BCUT2D eigenvalue weighted by Gasteiger charge is -2.39. The molecule has 222 valence electrons. The van der Waals surface area contributed by atoms with Gasteiger partial charge in [0.2, 0.25) is 17.8 Å². The number of anilines is 2. The first-order valence-corrected chi connectivity index (χ1v) is 14.8. The first-order valence-electron chi connectivity index (χ1n) is 13.2. The zero-order valence-electron chi connectivity index (χ0n) is 22.6. The fraction of sp³-hybridized carbons (Fsp3) is 0.310. The number of nitriles is 1. The van der Waals surface area contributed by atoms with E-state index in [0.29, 0.717) is 4.90 Å². The fourth-order valence-corrected chi connectivity index (χ4v) is 5.91. The highest BCUT2D eigenvalue weighted by Crippen LogP contribution is 2.40. The third-order valence-corrected chi connectivity index (χ3v) is 8.27. The quantitative estimate of drug-likeness (QED) is 0.347. The molecule has 1 saturated carbocycles. The van der Waals surface area contributed by atoms with Crippen LogP contribution in [0.15, 0.2) is 59.6 Å². The second-order valence-electron chi connectivity index (χ2n) is 10.1. The van der Waals surface area contributed by atoms with Gasteiger partial charge >= 0.3 is 0 Å². The summed E-state index contributed by atoms with van der Waals surface area (Å²) in [5, 5.41) is 12.0. The van der Waals surface area contributed by atoms with E-state index in [1.807, 2.05) is 6.07 Å². The Hall–Kier alpha value is -4.15. The number of carbonyl (C=O) groups is 3. The maximum Gasteiger partial charge on any atom is 0.252 e. The molecule has 14 heteroatoms. The summed E-state index contributed by atoms with van der Waals surface area (Å²) in [4.78, 5) is 52.3. The van der Waals surface area contributed by atoms with Crippen LogP contribution in [-0.2, 0) is 14.4 Å². The van der Waals surface area contributed by atoms with E-state index in [1.165, 1.54) is 48.3 Å². The molecule has 0 spiro atoms. The van der Waals surface area contributed by atoms with Crippen LogP contribution in [-0.4, -0.2) is 52.0 Å². The molecule has 2 aromatic carbocycles. The second-order valence-corrected chi connectivity index (χ2v) is 11.4. The van der Waals surface area contributed by atoms with Crippen molar-refractivity contribution in [2.24, 2.45) is 0 Å². The number of nitrogens with zero attached hydrogens (tertiary/aromatic N) is 5. The summed E-state index contributed by atoms with van der Waals surface area (Å²) in [7, 11) is 0. The molecule has 3 aromatic rings. The van der Waals surface area contributed by atoms with Gasteiger partial charge in [-0.25, -0.2) is 23.1 Å². The topological polar surface area (TPSA) is 119 Å². The van der Waals surface area contributed by atoms with E-state index in [1.54, 1.807) is 18.4 Å². The highest BCUT2D eigenvalue weighted by molar-refractivity contribution is 7.98. The molecule has 3 amide bonds. The first kappa shape index (κ1) is 30.3. The number of amides is 3. The van der Waals surface area contributed by atoms with Gasteiger partial charge in [0.05, 0.1) is 0 Å². The minimum atomic E-state index is -2.92. The summed E-state index contributed by atoms with van der Waals surface area (Å²) < 4.78 is 42.2. The number of thioether (sulfide) groups is 1. The van der Waals surface area contributed by atoms with Crippen molar-refractivity contribution in [3.05, 3.63) is 76.8 Å². The van der Waals surface area contributed by atoms with Crippen LogP contribution in [0.1, 0.15) is 43.0 Å². The maximum absolute atomic E-state index is 14.9. The van der Waals surface area contributed by atoms with Crippen LogP contribution >= 0.6 is 23.4 Å². The van der Waals surface area contributed by atoms with Crippen molar-refractivity contribution in [3.63, 3.8) is 0 Å². The van der Waals surface area contributed by atoms with E-state index in [2.05, 4.69) is 15.3 Å². The van der Waals surface area contributed by atoms with Crippen LogP contribution < -0.4 is 15.1 Å². The minimum absolute atomic E-state index is 0.00468. The van der Waals surface area contributed by atoms with Gasteiger partial charge in [0.1, 0.15) is 29.7 Å². The van der Waals surface area contributed by atoms with Gasteiger partial charge in [-0.1, -0.05) is 29.8 Å². The van der Waals surface area contributed by atoms with E-state index in [-0.39, 0.29) is 40.8 Å². The summed E-state index contributed by atoms with van der Waals surface area (Å²) in [6.07, 6.45) is 1.77. The van der Waals surface area contributed by atoms with Crippen molar-refractivity contribution in [2.75, 3.05) is 16.1 Å². The Kier molecular flexibility index (Phi) is 8.62. The summed E-state index contributed by atoms with van der Waals surface area (Å²) in [5.74, 6) is -5.89. The largest absolute Gasteiger partial charge is 0.351 e. The molecule has 2 unspecified atom stereocenters. The molecular weight excluding hydrogens is 605 g/mol. The molecule has 0 radical (unpaired) electrons. The Balaban J connectivity index is 1.64. The lowest BCUT2D eigenvalue weighted by Crippen LogP contribution is -2.56. The molecule has 5 rings (SSSR count). The van der Waals surface area contributed by atoms with E-state index >= 15 is 0 Å². The fourth-order valence-electron chi connectivity index (χ4n) is 5.20. The van der Waals surface area contributed by atoms with Crippen molar-refractivity contribution in [1.29, 1.82) is 5.26 Å². The monoisotopic (exact) mass is 628 g/mol. The van der Waals surface area contributed by atoms with E-state index in [0.717, 1.165) is 15.9 Å². The summed E-state index contributed by atoms with van der Waals surface area (Å²) in [6, 6.07) is 9.62. The Morgan fingerprint density at radius 2 is 1.98 bits per heavy atom. The van der Waals surface area contributed by atoms with Crippen molar-refractivity contribution >= 4 is 52.7 Å². The van der Waals surface area contributed by atoms with Gasteiger partial charge in [-0.3, -0.25) is 24.2 Å². The molecule has 1 aliphatic carbocycles. The predicted molar refractivity (Wildman–Crippen MR) is 153 cm³/mol. The molecule has 1 N–H and O–H groups in total. The number of hydrogen-bond acceptors (Lipinski definition) is 7. The average Bonchev–Trinajstić information content (AvgIpc) is 3.35. The molecule has 2 aliphatic rings. The van der Waals surface area contributed by atoms with Crippen LogP contribution in [0.25, 0.3) is 0 Å². The highest BCUT2D eigenvalue weighted by Gasteiger charge is 2.49. The van der Waals surface area contributed by atoms with Crippen molar-refractivity contribution in [3.8, 4) is 6.07 Å². The van der Waals surface area contributed by atoms with Crippen molar-refractivity contribution < 1.29 is 27.6 Å². The lowest BCUT2D eigenvalue weighted by atomic mass is 9.87. The number of aromatic nitrogens is 2. The minimum Gasteiger partial charge on any atom is -0.351 e. The van der Waals surface area contributed by atoms with E-state index in [4.69, 9.17) is 11.6 Å². The van der Waals surface area contributed by atoms with Crippen molar-refractivity contribution in [1.82, 2.24) is 15.3 Å². The van der Waals surface area contributed by atoms with Gasteiger partial charge in [-0.2, -0.15) is 5.26 Å². The number of halogens is 4. The summed E-state index contributed by atoms with van der Waals surface area (Å²) in [5.41, 5.74) is 0.113. The number of rotatable bonds is 8. The average molecular weight is 629 g/mol. The van der Waals surface area contributed by atoms with Crippen LogP contribution in [0.3, 0.4) is 0 Å². The van der Waals surface area contributed by atoms with Gasteiger partial charge in [0.25, 0.3) is 11.8 Å². The molecule has 2 atom stereocenters. The van der Waals surface area contributed by atoms with Gasteiger partial charge in [-0.15, -0.1) is 11.8 Å². The third kappa shape index (κ3) is 6.30. The zero-order chi connectivity index (χ0) is 30.9. The molecule has 1 aromatic heterocycles. The Morgan fingerprint density at radius 3 is 2.65 bits per heavy atom. The van der Waals surface area contributed by atoms with E-state index in [9.17, 15) is 32.8 Å². The van der Waals surface area contributed by atoms with Gasteiger partial charge in [0.15, 0.2) is 0 Å². The summed E-state index contributed by atoms with van der Waals surface area (Å²) in [6.45, 7) is 0. The van der Waals surface area contributed by atoms with Crippen LogP contribution in [0.4, 0.5) is 24.8 Å². The number of hydrogen-bond donors (Lipinski definition) is 1. The first-order chi connectivity index (χ1) is 20.5. The molecule has 1 saturated heterocycles. The SMILES string of the molecule is CSc1cc(F)cc(N(C(=O)C2CCC(=O)N2c2nccc(C#N)n2)C(C(=O)NC2CC(F)(F)C2)c2ccccc2Cl)c1. The summed E-state index contributed by atoms with van der Waals surface area (Å²) >= 11 is 7.73. The molecule has 1 aliphatic heterocycles. The normalized spacial score (nSPS) is 18.5. The molecule has 43 heavy (non-hydrogen) atoms. The van der Waals surface area contributed by atoms with Crippen LogP contribution in [0.5, 0.6) is 0 Å². The molecule has 2 heterocycles. The second kappa shape index (κ2) is 12.2. The van der Waals surface area contributed by atoms with Crippen LogP contribution in [0.2, 0.25) is 5.02 Å². The highest BCUT2D eigenvalue weighted by atomic mass is 35.5. The van der Waals surface area contributed by atoms with Gasteiger partial charge < -0.3 is 5.32 Å². The predicted octanol–water partition coefficient (Wildman–Crippen LogP) is 5.05. The number of alkyl halides is 2. The number of carbonyl (C=O) groups excluding carboxylic acids is 3. The molecular formula is C29H24ClF3N6O3S. The smallest absolute Gasteiger partial charge is 0.252 e. The Bertz CT molecular complexity index is 1630. The van der Waals surface area contributed by atoms with Crippen molar-refractivity contribution in [2.45, 2.75) is 54.6 Å². The standard InChI is InChI=1S/C29H24ClF3N6O3S/c1-43-20-11-16(31)10-19(12-20)38(27(42)23-6-7-24(40)39(23)28-35-9-8-17(15-34)37-28)25(21-4-2-3-5-22(21)30)26(41)36-18-13-29(32,33)14-18/h2-5,8-12,18,23,25H,6-7,13-14H2,1H3,(H,36,41).